The number of nitrogens with two attached hydrogens (primary N) is 1. The van der Waals surface area contributed by atoms with E-state index >= 15 is 0 Å². The molecule has 0 amide bonds. The summed E-state index contributed by atoms with van der Waals surface area (Å²) in [6.45, 7) is 9.57. The van der Waals surface area contributed by atoms with Crippen LogP contribution in [-0.2, 0) is 0 Å². The highest BCUT2D eigenvalue weighted by atomic mass is 35.5. The van der Waals surface area contributed by atoms with Crippen LogP contribution in [0.2, 0.25) is 0 Å². The Morgan fingerprint density at radius 1 is 1.33 bits per heavy atom. The van der Waals surface area contributed by atoms with E-state index in [2.05, 4.69) is 27.7 Å². The summed E-state index contributed by atoms with van der Waals surface area (Å²) in [7, 11) is 0. The van der Waals surface area contributed by atoms with Crippen molar-refractivity contribution >= 4 is 12.4 Å². The fourth-order valence-corrected chi connectivity index (χ4v) is 0.236. The van der Waals surface area contributed by atoms with Crippen molar-refractivity contribution in [1.82, 2.24) is 0 Å². The molecule has 0 fully saturated rings. The summed E-state index contributed by atoms with van der Waals surface area (Å²) < 4.78 is 0. The number of halogens is 1. The van der Waals surface area contributed by atoms with Crippen molar-refractivity contribution in [3.63, 3.8) is 0 Å². The number of rotatable bonds is 2. The van der Waals surface area contributed by atoms with Gasteiger partial charge in [0.15, 0.2) is 0 Å². The Kier molecular flexibility index (Phi) is 5.49. The lowest BCUT2D eigenvalue weighted by molar-refractivity contribution is 0.261. The van der Waals surface area contributed by atoms with Crippen molar-refractivity contribution < 1.29 is 0 Å². The maximum absolute atomic E-state index is 5.51. The first-order chi connectivity index (χ1) is 3.50. The molecule has 1 nitrogen and oxygen atoms in total. The Balaban J connectivity index is 0. The molecule has 0 aromatic carbocycles. The summed E-state index contributed by atoms with van der Waals surface area (Å²) in [5.74, 6) is 0.687. The van der Waals surface area contributed by atoms with Crippen molar-refractivity contribution in [2.45, 2.75) is 27.7 Å². The highest BCUT2D eigenvalue weighted by Crippen LogP contribution is 2.23. The van der Waals surface area contributed by atoms with Gasteiger partial charge in [-0.25, -0.2) is 0 Å². The number of hydrogen-bond donors (Lipinski definition) is 1. The van der Waals surface area contributed by atoms with E-state index in [0.717, 1.165) is 6.54 Å². The van der Waals surface area contributed by atoms with E-state index in [1.54, 1.807) is 0 Å². The molecule has 0 radical (unpaired) electrons. The fourth-order valence-electron chi connectivity index (χ4n) is 0.236. The quantitative estimate of drug-likeness (QED) is 0.643. The normalized spacial score (nSPS) is 11.3. The third-order valence-corrected chi connectivity index (χ3v) is 2.09. The molecule has 2 heteroatoms. The molecule has 0 bridgehead atoms. The molecule has 0 aliphatic carbocycles. The molecule has 0 aromatic heterocycles. The zero-order valence-corrected chi connectivity index (χ0v) is 7.59. The highest BCUT2D eigenvalue weighted by Gasteiger charge is 2.19. The van der Waals surface area contributed by atoms with E-state index in [4.69, 9.17) is 5.73 Å². The Morgan fingerprint density at radius 3 is 1.67 bits per heavy atom. The molecule has 0 saturated carbocycles. The van der Waals surface area contributed by atoms with Crippen LogP contribution < -0.4 is 5.73 Å². The maximum atomic E-state index is 5.51. The molecule has 0 heterocycles. The minimum absolute atomic E-state index is 0. The molecule has 0 rings (SSSR count). The van der Waals surface area contributed by atoms with Crippen LogP contribution in [0, 0.1) is 11.3 Å². The topological polar surface area (TPSA) is 26.0 Å². The molecule has 0 aliphatic rings. The predicted octanol–water partition coefficient (Wildman–Crippen LogP) is 2.05. The Hall–Kier alpha value is 0.250. The second-order valence-electron chi connectivity index (χ2n) is 3.35. The van der Waals surface area contributed by atoms with Gasteiger partial charge in [-0.3, -0.25) is 0 Å². The largest absolute Gasteiger partial charge is 0.330 e. The molecule has 0 spiro atoms. The Bertz CT molecular complexity index is 69.3. The van der Waals surface area contributed by atoms with E-state index in [1.807, 2.05) is 0 Å². The van der Waals surface area contributed by atoms with Crippen LogP contribution in [0.4, 0.5) is 0 Å². The standard InChI is InChI=1S/C7H17N.ClH/c1-6(2)7(3,4)5-8;/h6H,5,8H2,1-4H3;1H. The average molecular weight is 152 g/mol. The van der Waals surface area contributed by atoms with Gasteiger partial charge >= 0.3 is 0 Å². The van der Waals surface area contributed by atoms with Crippen LogP contribution in [0.1, 0.15) is 27.7 Å². The van der Waals surface area contributed by atoms with Crippen LogP contribution in [-0.4, -0.2) is 6.54 Å². The summed E-state index contributed by atoms with van der Waals surface area (Å²) in [4.78, 5) is 0. The molecule has 2 N–H and O–H groups in total. The second kappa shape index (κ2) is 4.13. The van der Waals surface area contributed by atoms with Gasteiger partial charge in [0.25, 0.3) is 0 Å². The summed E-state index contributed by atoms with van der Waals surface area (Å²) in [6, 6.07) is 0. The average Bonchev–Trinajstić information content (AvgIpc) is 1.67. The maximum Gasteiger partial charge on any atom is -0.00234 e. The lowest BCUT2D eigenvalue weighted by Gasteiger charge is -2.26. The smallest absolute Gasteiger partial charge is 0.00234 e. The van der Waals surface area contributed by atoms with E-state index in [0.29, 0.717) is 11.3 Å². The molecule has 9 heavy (non-hydrogen) atoms. The van der Waals surface area contributed by atoms with Gasteiger partial charge in [0.1, 0.15) is 0 Å². The molecule has 0 atom stereocenters. The molecular formula is C7H18ClN. The molecule has 0 aliphatic heterocycles. The second-order valence-corrected chi connectivity index (χ2v) is 3.35. The van der Waals surface area contributed by atoms with Crippen molar-refractivity contribution in [2.24, 2.45) is 17.1 Å². The van der Waals surface area contributed by atoms with Gasteiger partial charge in [0.05, 0.1) is 0 Å². The van der Waals surface area contributed by atoms with Crippen LogP contribution >= 0.6 is 12.4 Å². The van der Waals surface area contributed by atoms with E-state index in [1.165, 1.54) is 0 Å². The van der Waals surface area contributed by atoms with Crippen LogP contribution in [0.3, 0.4) is 0 Å². The minimum Gasteiger partial charge on any atom is -0.330 e. The summed E-state index contributed by atoms with van der Waals surface area (Å²) in [6.07, 6.45) is 0. The Labute approximate surface area is 64.4 Å². The SMILES string of the molecule is CC(C)C(C)(C)CN.Cl. The monoisotopic (exact) mass is 151 g/mol. The summed E-state index contributed by atoms with van der Waals surface area (Å²) >= 11 is 0. The van der Waals surface area contributed by atoms with Crippen LogP contribution in [0.25, 0.3) is 0 Å². The highest BCUT2D eigenvalue weighted by molar-refractivity contribution is 5.85. The van der Waals surface area contributed by atoms with E-state index in [9.17, 15) is 0 Å². The first-order valence-corrected chi connectivity index (χ1v) is 3.21. The Morgan fingerprint density at radius 2 is 1.67 bits per heavy atom. The van der Waals surface area contributed by atoms with E-state index in [-0.39, 0.29) is 12.4 Å². The predicted molar refractivity (Wildman–Crippen MR) is 44.9 cm³/mol. The third kappa shape index (κ3) is 3.77. The fraction of sp³-hybridized carbons (Fsp3) is 1.00. The van der Waals surface area contributed by atoms with E-state index < -0.39 is 0 Å². The molecule has 0 aromatic rings. The summed E-state index contributed by atoms with van der Waals surface area (Å²) in [5.41, 5.74) is 5.83. The van der Waals surface area contributed by atoms with Gasteiger partial charge in [-0.2, -0.15) is 0 Å². The summed E-state index contributed by atoms with van der Waals surface area (Å²) in [5, 5.41) is 0. The van der Waals surface area contributed by atoms with Crippen LogP contribution in [0.15, 0.2) is 0 Å². The van der Waals surface area contributed by atoms with Gasteiger partial charge in [0.2, 0.25) is 0 Å². The first kappa shape index (κ1) is 12.0. The zero-order chi connectivity index (χ0) is 6.78. The molecule has 0 unspecified atom stereocenters. The van der Waals surface area contributed by atoms with Crippen molar-refractivity contribution in [3.8, 4) is 0 Å². The molecule has 0 saturated heterocycles. The molecular weight excluding hydrogens is 134 g/mol. The van der Waals surface area contributed by atoms with Gasteiger partial charge in [-0.1, -0.05) is 27.7 Å². The first-order valence-electron chi connectivity index (χ1n) is 3.21. The van der Waals surface area contributed by atoms with Gasteiger partial charge in [0, 0.05) is 0 Å². The molecule has 58 valence electrons. The van der Waals surface area contributed by atoms with Crippen molar-refractivity contribution in [2.75, 3.05) is 6.54 Å². The number of hydrogen-bond acceptors (Lipinski definition) is 1. The van der Waals surface area contributed by atoms with Crippen LogP contribution in [0.5, 0.6) is 0 Å². The van der Waals surface area contributed by atoms with Gasteiger partial charge in [-0.05, 0) is 17.9 Å². The lowest BCUT2D eigenvalue weighted by Crippen LogP contribution is -2.28. The lowest BCUT2D eigenvalue weighted by atomic mass is 9.81. The van der Waals surface area contributed by atoms with Gasteiger partial charge < -0.3 is 5.73 Å². The van der Waals surface area contributed by atoms with Gasteiger partial charge in [-0.15, -0.1) is 12.4 Å². The van der Waals surface area contributed by atoms with Crippen molar-refractivity contribution in [1.29, 1.82) is 0 Å². The van der Waals surface area contributed by atoms with Crippen molar-refractivity contribution in [3.05, 3.63) is 0 Å². The third-order valence-electron chi connectivity index (χ3n) is 2.09. The minimum atomic E-state index is 0. The zero-order valence-electron chi connectivity index (χ0n) is 6.77.